The van der Waals surface area contributed by atoms with Crippen LogP contribution in [-0.4, -0.2) is 42.1 Å². The zero-order chi connectivity index (χ0) is 16.8. The molecule has 1 amide bonds. The molecular formula is C16H19NO6. The van der Waals surface area contributed by atoms with E-state index in [-0.39, 0.29) is 12.5 Å². The summed E-state index contributed by atoms with van der Waals surface area (Å²) < 4.78 is 16.2. The number of nitrogens with one attached hydrogen (secondary N) is 1. The Morgan fingerprint density at radius 1 is 1.22 bits per heavy atom. The lowest BCUT2D eigenvalue weighted by atomic mass is 10.1. The highest BCUT2D eigenvalue weighted by molar-refractivity contribution is 5.88. The molecule has 0 radical (unpaired) electrons. The number of carbonyl (C=O) groups excluding carboxylic acids is 2. The van der Waals surface area contributed by atoms with Gasteiger partial charge in [-0.3, -0.25) is 9.59 Å². The molecule has 0 fully saturated rings. The highest BCUT2D eigenvalue weighted by Gasteiger charge is 2.29. The highest BCUT2D eigenvalue weighted by atomic mass is 16.7. The average molecular weight is 321 g/mol. The van der Waals surface area contributed by atoms with Gasteiger partial charge in [0.15, 0.2) is 0 Å². The number of esters is 1. The lowest BCUT2D eigenvalue weighted by Gasteiger charge is -2.30. The summed E-state index contributed by atoms with van der Waals surface area (Å²) in [6, 6.07) is 6.78. The molecule has 0 aromatic heterocycles. The number of carbonyl (C=O) groups is 2. The number of hydrogen-bond donors (Lipinski definition) is 2. The van der Waals surface area contributed by atoms with E-state index >= 15 is 0 Å². The molecule has 2 N–H and O–H groups in total. The maximum atomic E-state index is 11.0. The molecule has 1 unspecified atom stereocenters. The van der Waals surface area contributed by atoms with Crippen molar-refractivity contribution in [3.05, 3.63) is 36.4 Å². The number of aliphatic hydroxyl groups excluding tert-OH is 1. The van der Waals surface area contributed by atoms with E-state index in [2.05, 4.69) is 5.32 Å². The first-order valence-corrected chi connectivity index (χ1v) is 7.14. The third-order valence-corrected chi connectivity index (χ3v) is 3.04. The Hall–Kier alpha value is -2.38. The normalized spacial score (nSPS) is 23.2. The van der Waals surface area contributed by atoms with Crippen molar-refractivity contribution in [2.24, 2.45) is 0 Å². The quantitative estimate of drug-likeness (QED) is 0.626. The van der Waals surface area contributed by atoms with Crippen molar-refractivity contribution in [1.82, 2.24) is 0 Å². The number of aliphatic hydroxyl groups is 1. The number of rotatable bonds is 5. The predicted octanol–water partition coefficient (Wildman–Crippen LogP) is 1.23. The SMILES string of the molecule is CC(=O)Nc1ccc(O[C@@H]2C=C[C@H](OC(C)=O)C(CO)O2)cc1. The van der Waals surface area contributed by atoms with Crippen LogP contribution in [0.5, 0.6) is 5.75 Å². The van der Waals surface area contributed by atoms with Crippen LogP contribution >= 0.6 is 0 Å². The average Bonchev–Trinajstić information content (AvgIpc) is 2.49. The Balaban J connectivity index is 1.98. The molecule has 0 spiro atoms. The Morgan fingerprint density at radius 2 is 1.91 bits per heavy atom. The van der Waals surface area contributed by atoms with Crippen molar-refractivity contribution in [2.75, 3.05) is 11.9 Å². The van der Waals surface area contributed by atoms with Crippen molar-refractivity contribution in [1.29, 1.82) is 0 Å². The smallest absolute Gasteiger partial charge is 0.303 e. The summed E-state index contributed by atoms with van der Waals surface area (Å²) >= 11 is 0. The predicted molar refractivity (Wildman–Crippen MR) is 81.8 cm³/mol. The lowest BCUT2D eigenvalue weighted by molar-refractivity contribution is -0.171. The van der Waals surface area contributed by atoms with E-state index < -0.39 is 24.5 Å². The van der Waals surface area contributed by atoms with Gasteiger partial charge in [-0.1, -0.05) is 0 Å². The summed E-state index contributed by atoms with van der Waals surface area (Å²) in [5.74, 6) is -0.0643. The van der Waals surface area contributed by atoms with Crippen LogP contribution in [0.1, 0.15) is 13.8 Å². The van der Waals surface area contributed by atoms with E-state index in [1.165, 1.54) is 13.8 Å². The van der Waals surface area contributed by atoms with Gasteiger partial charge in [-0.2, -0.15) is 0 Å². The Morgan fingerprint density at radius 3 is 2.48 bits per heavy atom. The van der Waals surface area contributed by atoms with Gasteiger partial charge in [0.05, 0.1) is 6.61 Å². The fourth-order valence-corrected chi connectivity index (χ4v) is 2.09. The summed E-state index contributed by atoms with van der Waals surface area (Å²) in [5, 5.41) is 12.0. The van der Waals surface area contributed by atoms with E-state index in [0.29, 0.717) is 11.4 Å². The molecule has 7 heteroatoms. The van der Waals surface area contributed by atoms with Crippen molar-refractivity contribution >= 4 is 17.6 Å². The van der Waals surface area contributed by atoms with Gasteiger partial charge in [0.1, 0.15) is 18.0 Å². The minimum atomic E-state index is -0.703. The van der Waals surface area contributed by atoms with Gasteiger partial charge in [-0.25, -0.2) is 0 Å². The number of anilines is 1. The monoisotopic (exact) mass is 321 g/mol. The fraction of sp³-hybridized carbons (Fsp3) is 0.375. The van der Waals surface area contributed by atoms with Crippen molar-refractivity contribution in [2.45, 2.75) is 32.3 Å². The van der Waals surface area contributed by atoms with Crippen LogP contribution < -0.4 is 10.1 Å². The standard InChI is InChI=1S/C16H19NO6/c1-10(19)17-12-3-5-13(6-4-12)22-16-8-7-14(21-11(2)20)15(9-18)23-16/h3-8,14-16,18H,9H2,1-2H3,(H,17,19)/t14-,15?,16-/m0/s1. The topological polar surface area (TPSA) is 94.1 Å². The van der Waals surface area contributed by atoms with Crippen LogP contribution in [-0.2, 0) is 19.1 Å². The minimum absolute atomic E-state index is 0.153. The molecule has 1 aliphatic heterocycles. The van der Waals surface area contributed by atoms with Gasteiger partial charge in [0.2, 0.25) is 12.2 Å². The second-order valence-corrected chi connectivity index (χ2v) is 5.01. The van der Waals surface area contributed by atoms with Crippen LogP contribution in [0.3, 0.4) is 0 Å². The molecule has 0 saturated heterocycles. The second kappa shape index (κ2) is 7.75. The summed E-state index contributed by atoms with van der Waals surface area (Å²) in [5.41, 5.74) is 0.660. The van der Waals surface area contributed by atoms with Crippen LogP contribution in [0, 0.1) is 0 Å². The Labute approximate surface area is 133 Å². The van der Waals surface area contributed by atoms with Crippen molar-refractivity contribution in [3.8, 4) is 5.75 Å². The molecule has 0 saturated carbocycles. The molecular weight excluding hydrogens is 302 g/mol. The maximum Gasteiger partial charge on any atom is 0.303 e. The van der Waals surface area contributed by atoms with Gasteiger partial charge < -0.3 is 24.6 Å². The number of benzene rings is 1. The first-order chi connectivity index (χ1) is 11.0. The zero-order valence-electron chi connectivity index (χ0n) is 12.9. The van der Waals surface area contributed by atoms with Gasteiger partial charge in [-0.15, -0.1) is 0 Å². The molecule has 1 aliphatic rings. The maximum absolute atomic E-state index is 11.0. The minimum Gasteiger partial charge on any atom is -0.461 e. The molecule has 2 rings (SSSR count). The van der Waals surface area contributed by atoms with Crippen LogP contribution in [0.15, 0.2) is 36.4 Å². The largest absolute Gasteiger partial charge is 0.461 e. The third kappa shape index (κ3) is 5.08. The van der Waals surface area contributed by atoms with E-state index in [1.807, 2.05) is 0 Å². The number of ether oxygens (including phenoxy) is 3. The molecule has 3 atom stereocenters. The van der Waals surface area contributed by atoms with Crippen molar-refractivity contribution < 1.29 is 28.9 Å². The molecule has 124 valence electrons. The highest BCUT2D eigenvalue weighted by Crippen LogP contribution is 2.21. The van der Waals surface area contributed by atoms with E-state index in [1.54, 1.807) is 36.4 Å². The molecule has 1 heterocycles. The first-order valence-electron chi connectivity index (χ1n) is 7.14. The van der Waals surface area contributed by atoms with Crippen LogP contribution in [0.4, 0.5) is 5.69 Å². The van der Waals surface area contributed by atoms with E-state index in [9.17, 15) is 14.7 Å². The summed E-state index contributed by atoms with van der Waals surface area (Å²) in [7, 11) is 0. The first kappa shape index (κ1) is 17.0. The Kier molecular flexibility index (Phi) is 5.72. The molecule has 1 aromatic carbocycles. The van der Waals surface area contributed by atoms with Crippen molar-refractivity contribution in [3.63, 3.8) is 0 Å². The number of hydrogen-bond acceptors (Lipinski definition) is 6. The summed E-state index contributed by atoms with van der Waals surface area (Å²) in [6.45, 7) is 2.42. The summed E-state index contributed by atoms with van der Waals surface area (Å²) in [4.78, 5) is 22.0. The fourth-order valence-electron chi connectivity index (χ4n) is 2.09. The zero-order valence-corrected chi connectivity index (χ0v) is 12.9. The van der Waals surface area contributed by atoms with E-state index in [0.717, 1.165) is 0 Å². The van der Waals surface area contributed by atoms with Gasteiger partial charge in [0, 0.05) is 19.5 Å². The van der Waals surface area contributed by atoms with E-state index in [4.69, 9.17) is 14.2 Å². The number of amides is 1. The Bertz CT molecular complexity index is 583. The summed E-state index contributed by atoms with van der Waals surface area (Å²) in [6.07, 6.45) is 1.21. The van der Waals surface area contributed by atoms with Gasteiger partial charge >= 0.3 is 5.97 Å². The molecule has 7 nitrogen and oxygen atoms in total. The van der Waals surface area contributed by atoms with Gasteiger partial charge in [-0.05, 0) is 36.4 Å². The molecule has 1 aromatic rings. The van der Waals surface area contributed by atoms with Crippen LogP contribution in [0.25, 0.3) is 0 Å². The molecule has 0 aliphatic carbocycles. The lowest BCUT2D eigenvalue weighted by Crippen LogP contribution is -2.42. The molecule has 0 bridgehead atoms. The van der Waals surface area contributed by atoms with Gasteiger partial charge in [0.25, 0.3) is 0 Å². The van der Waals surface area contributed by atoms with Crippen LogP contribution in [0.2, 0.25) is 0 Å². The third-order valence-electron chi connectivity index (χ3n) is 3.04. The molecule has 23 heavy (non-hydrogen) atoms. The second-order valence-electron chi connectivity index (χ2n) is 5.01.